The number of carbonyl (C=O) groups is 3. The van der Waals surface area contributed by atoms with Gasteiger partial charge in [-0.2, -0.15) is 0 Å². The highest BCUT2D eigenvalue weighted by Crippen LogP contribution is 2.41. The quantitative estimate of drug-likeness (QED) is 0.235. The van der Waals surface area contributed by atoms with Crippen LogP contribution in [0, 0.1) is 13.8 Å². The Kier molecular flexibility index (Phi) is 8.32. The molecule has 1 aliphatic rings. The molecule has 1 atom stereocenters. The third kappa shape index (κ3) is 5.34. The van der Waals surface area contributed by atoms with E-state index >= 15 is 0 Å². The van der Waals surface area contributed by atoms with E-state index in [1.54, 1.807) is 18.7 Å². The number of ketones is 1. The smallest absolute Gasteiger partial charge is 0.354 e. The molecular formula is C29H39N3O5. The molecule has 0 saturated carbocycles. The second-order valence-corrected chi connectivity index (χ2v) is 10.5. The van der Waals surface area contributed by atoms with Gasteiger partial charge < -0.3 is 24.6 Å². The Balaban J connectivity index is 2.19. The second kappa shape index (κ2) is 10.9. The van der Waals surface area contributed by atoms with E-state index in [1.165, 1.54) is 7.11 Å². The molecule has 0 bridgehead atoms. The predicted octanol–water partition coefficient (Wildman–Crippen LogP) is 4.48. The Morgan fingerprint density at radius 3 is 2.22 bits per heavy atom. The Morgan fingerprint density at radius 2 is 1.70 bits per heavy atom. The number of ether oxygens (including phenoxy) is 1. The number of aliphatic hydroxyl groups is 1. The maximum absolute atomic E-state index is 13.4. The number of nitrogens with zero attached hydrogens (tertiary/aromatic N) is 2. The molecule has 2 aromatic rings. The van der Waals surface area contributed by atoms with E-state index in [9.17, 15) is 19.5 Å². The zero-order valence-corrected chi connectivity index (χ0v) is 23.2. The van der Waals surface area contributed by atoms with Crippen LogP contribution in [-0.4, -0.2) is 70.8 Å². The van der Waals surface area contributed by atoms with Crippen molar-refractivity contribution in [2.45, 2.75) is 59.9 Å². The van der Waals surface area contributed by atoms with Gasteiger partial charge in [-0.1, -0.05) is 58.9 Å². The van der Waals surface area contributed by atoms with Gasteiger partial charge in [0.1, 0.15) is 11.5 Å². The summed E-state index contributed by atoms with van der Waals surface area (Å²) in [6, 6.07) is 7.10. The van der Waals surface area contributed by atoms with Crippen molar-refractivity contribution >= 4 is 23.4 Å². The number of aryl methyl sites for hydroxylation is 1. The summed E-state index contributed by atoms with van der Waals surface area (Å²) in [5.74, 6) is -2.25. The Morgan fingerprint density at radius 1 is 1.11 bits per heavy atom. The third-order valence-corrected chi connectivity index (χ3v) is 7.25. The van der Waals surface area contributed by atoms with Crippen LogP contribution >= 0.6 is 0 Å². The number of likely N-dealkylation sites (tertiary alicyclic amines) is 1. The van der Waals surface area contributed by atoms with Crippen LogP contribution in [0.25, 0.3) is 5.76 Å². The summed E-state index contributed by atoms with van der Waals surface area (Å²) >= 11 is 0. The van der Waals surface area contributed by atoms with Gasteiger partial charge in [0.15, 0.2) is 0 Å². The lowest BCUT2D eigenvalue weighted by molar-refractivity contribution is -0.140. The van der Waals surface area contributed by atoms with Crippen LogP contribution in [0.2, 0.25) is 0 Å². The van der Waals surface area contributed by atoms with Gasteiger partial charge in [-0.3, -0.25) is 9.59 Å². The first-order chi connectivity index (χ1) is 17.4. The predicted molar refractivity (Wildman–Crippen MR) is 144 cm³/mol. The molecule has 1 amide bonds. The van der Waals surface area contributed by atoms with Gasteiger partial charge in [0.2, 0.25) is 0 Å². The Hall–Kier alpha value is -3.39. The van der Waals surface area contributed by atoms with Gasteiger partial charge in [0.05, 0.1) is 18.7 Å². The van der Waals surface area contributed by atoms with Crippen molar-refractivity contribution in [1.82, 2.24) is 14.8 Å². The first-order valence-corrected chi connectivity index (χ1v) is 12.8. The van der Waals surface area contributed by atoms with Crippen LogP contribution in [-0.2, 0) is 19.7 Å². The lowest BCUT2D eigenvalue weighted by atomic mass is 9.85. The number of hydrogen-bond donors (Lipinski definition) is 2. The lowest BCUT2D eigenvalue weighted by Crippen LogP contribution is -2.38. The van der Waals surface area contributed by atoms with E-state index in [2.05, 4.69) is 44.5 Å². The minimum absolute atomic E-state index is 0.0228. The van der Waals surface area contributed by atoms with Crippen molar-refractivity contribution in [3.63, 3.8) is 0 Å². The number of Topliss-reactive ketones (excluding diaryl/α,β-unsaturated/α-hetero) is 1. The number of carbonyl (C=O) groups excluding carboxylic acids is 3. The van der Waals surface area contributed by atoms with E-state index in [1.807, 2.05) is 24.3 Å². The van der Waals surface area contributed by atoms with Crippen LogP contribution in [0.15, 0.2) is 29.8 Å². The summed E-state index contributed by atoms with van der Waals surface area (Å²) in [7, 11) is 1.28. The van der Waals surface area contributed by atoms with E-state index in [4.69, 9.17) is 4.74 Å². The van der Waals surface area contributed by atoms with E-state index in [-0.39, 0.29) is 22.4 Å². The molecule has 0 spiro atoms. The number of amides is 1. The molecular weight excluding hydrogens is 470 g/mol. The van der Waals surface area contributed by atoms with Gasteiger partial charge >= 0.3 is 5.97 Å². The zero-order chi connectivity index (χ0) is 27.7. The fourth-order valence-electron chi connectivity index (χ4n) is 4.96. The molecule has 0 unspecified atom stereocenters. The van der Waals surface area contributed by atoms with Crippen LogP contribution in [0.1, 0.15) is 79.1 Å². The van der Waals surface area contributed by atoms with Crippen molar-refractivity contribution < 1.29 is 24.2 Å². The van der Waals surface area contributed by atoms with E-state index in [0.717, 1.165) is 24.2 Å². The summed E-state index contributed by atoms with van der Waals surface area (Å²) < 4.78 is 4.85. The third-order valence-electron chi connectivity index (χ3n) is 7.25. The van der Waals surface area contributed by atoms with Crippen molar-refractivity contribution in [3.8, 4) is 0 Å². The molecule has 200 valence electrons. The Labute approximate surface area is 219 Å². The maximum Gasteiger partial charge on any atom is 0.354 e. The van der Waals surface area contributed by atoms with Crippen molar-refractivity contribution in [3.05, 3.63) is 63.5 Å². The monoisotopic (exact) mass is 509 g/mol. The number of methoxy groups -OCH3 is 1. The average molecular weight is 510 g/mol. The SMILES string of the molecule is CCN(CC)CCN1C(=O)C(=O)C(=C(O)c2c(C)[nH]c(C(=O)OC)c2C)[C@H]1c1ccc(C(C)(C)C)cc1. The van der Waals surface area contributed by atoms with Gasteiger partial charge in [-0.15, -0.1) is 0 Å². The minimum Gasteiger partial charge on any atom is -0.507 e. The van der Waals surface area contributed by atoms with Crippen LogP contribution < -0.4 is 0 Å². The van der Waals surface area contributed by atoms with Gasteiger partial charge in [-0.25, -0.2) is 4.79 Å². The lowest BCUT2D eigenvalue weighted by Gasteiger charge is -2.28. The van der Waals surface area contributed by atoms with E-state index < -0.39 is 23.7 Å². The molecule has 8 nitrogen and oxygen atoms in total. The topological polar surface area (TPSA) is 103 Å². The van der Waals surface area contributed by atoms with Gasteiger partial charge in [0.25, 0.3) is 11.7 Å². The first kappa shape index (κ1) is 28.2. The maximum atomic E-state index is 13.4. The average Bonchev–Trinajstić information content (AvgIpc) is 3.30. The normalized spacial score (nSPS) is 17.6. The molecule has 37 heavy (non-hydrogen) atoms. The number of aliphatic hydroxyl groups excluding tert-OH is 1. The highest BCUT2D eigenvalue weighted by molar-refractivity contribution is 6.46. The summed E-state index contributed by atoms with van der Waals surface area (Å²) in [5, 5.41) is 11.5. The van der Waals surface area contributed by atoms with Gasteiger partial charge in [-0.05, 0) is 49.0 Å². The number of esters is 1. The van der Waals surface area contributed by atoms with Crippen molar-refractivity contribution in [2.75, 3.05) is 33.3 Å². The summed E-state index contributed by atoms with van der Waals surface area (Å²) in [5.41, 5.74) is 3.32. The van der Waals surface area contributed by atoms with Crippen LogP contribution in [0.4, 0.5) is 0 Å². The molecule has 1 aromatic carbocycles. The highest BCUT2D eigenvalue weighted by atomic mass is 16.5. The fraction of sp³-hybridized carbons (Fsp3) is 0.483. The largest absolute Gasteiger partial charge is 0.507 e. The first-order valence-electron chi connectivity index (χ1n) is 12.8. The number of likely N-dealkylation sites (N-methyl/N-ethyl adjacent to an activating group) is 1. The fourth-order valence-corrected chi connectivity index (χ4v) is 4.96. The molecule has 1 saturated heterocycles. The van der Waals surface area contributed by atoms with Crippen LogP contribution in [0.3, 0.4) is 0 Å². The number of H-pyrrole nitrogens is 1. The zero-order valence-electron chi connectivity index (χ0n) is 23.2. The molecule has 0 aliphatic carbocycles. The second-order valence-electron chi connectivity index (χ2n) is 10.5. The van der Waals surface area contributed by atoms with Gasteiger partial charge in [0, 0.05) is 24.3 Å². The molecule has 1 aromatic heterocycles. The highest BCUT2D eigenvalue weighted by Gasteiger charge is 2.46. The van der Waals surface area contributed by atoms with E-state index in [0.29, 0.717) is 29.9 Å². The number of aromatic nitrogens is 1. The molecule has 3 rings (SSSR count). The molecule has 1 fully saturated rings. The number of rotatable bonds is 8. The molecule has 2 N–H and O–H groups in total. The molecule has 1 aliphatic heterocycles. The summed E-state index contributed by atoms with van der Waals surface area (Å²) in [6.07, 6.45) is 0. The van der Waals surface area contributed by atoms with Crippen LogP contribution in [0.5, 0.6) is 0 Å². The number of aromatic amines is 1. The Bertz CT molecular complexity index is 1210. The van der Waals surface area contributed by atoms with Crippen molar-refractivity contribution in [2.24, 2.45) is 0 Å². The molecule has 8 heteroatoms. The molecule has 0 radical (unpaired) electrons. The number of hydrogen-bond acceptors (Lipinski definition) is 6. The van der Waals surface area contributed by atoms with Crippen molar-refractivity contribution in [1.29, 1.82) is 0 Å². The number of nitrogens with one attached hydrogen (secondary N) is 1. The minimum atomic E-state index is -0.750. The summed E-state index contributed by atoms with van der Waals surface area (Å²) in [6.45, 7) is 16.4. The summed E-state index contributed by atoms with van der Waals surface area (Å²) in [4.78, 5) is 45.7. The molecule has 2 heterocycles. The number of benzene rings is 1. The standard InChI is InChI=1S/C29H39N3O5/c1-9-31(10-2)15-16-32-24(19-11-13-20(14-12-19)29(5,6)7)22(26(34)27(32)35)25(33)21-17(3)23(28(36)37-8)30-18(21)4/h11-14,24,30,33H,9-10,15-16H2,1-8H3/t24-/m1/s1.